The summed E-state index contributed by atoms with van der Waals surface area (Å²) in [6.45, 7) is 1.77. The Morgan fingerprint density at radius 1 is 1.36 bits per heavy atom. The molecular weight excluding hydrogens is 182 g/mol. The molecule has 1 rings (SSSR count). The van der Waals surface area contributed by atoms with Crippen molar-refractivity contribution in [2.45, 2.75) is 13.2 Å². The molecule has 1 amide bonds. The van der Waals surface area contributed by atoms with Gasteiger partial charge in [-0.1, -0.05) is 17.7 Å². The minimum Gasteiger partial charge on any atom is -0.367 e. The maximum absolute atomic E-state index is 11.3. The van der Waals surface area contributed by atoms with E-state index >= 15 is 0 Å². The molecule has 4 heteroatoms. The summed E-state index contributed by atoms with van der Waals surface area (Å²) < 4.78 is 0. The van der Waals surface area contributed by atoms with Gasteiger partial charge in [0, 0.05) is 5.56 Å². The minimum absolute atomic E-state index is 0.160. The van der Waals surface area contributed by atoms with Crippen LogP contribution in [0, 0.1) is 6.92 Å². The highest BCUT2D eigenvalue weighted by Gasteiger charge is 2.05. The summed E-state index contributed by atoms with van der Waals surface area (Å²) in [4.78, 5) is 11.3. The lowest BCUT2D eigenvalue weighted by Gasteiger charge is -2.06. The number of nitrogens with one attached hydrogen (secondary N) is 1. The van der Waals surface area contributed by atoms with E-state index in [1.807, 2.05) is 19.1 Å². The Hall–Kier alpha value is -1.39. The third-order valence-corrected chi connectivity index (χ3v) is 1.76. The van der Waals surface area contributed by atoms with Gasteiger partial charge in [0.1, 0.15) is 0 Å². The van der Waals surface area contributed by atoms with Gasteiger partial charge < -0.3 is 15.5 Å². The first-order chi connectivity index (χ1) is 6.59. The number of aliphatic hydroxyl groups excluding tert-OH is 1. The highest BCUT2D eigenvalue weighted by Crippen LogP contribution is 2.02. The number of carbonyl (C=O) groups is 1. The number of carbonyl (C=O) groups excluding carboxylic acids is 1. The number of hydrogen-bond donors (Lipinski definition) is 3. The zero-order valence-corrected chi connectivity index (χ0v) is 7.90. The van der Waals surface area contributed by atoms with Crippen molar-refractivity contribution in [2.24, 2.45) is 0 Å². The summed E-state index contributed by atoms with van der Waals surface area (Å²) in [7, 11) is 0. The van der Waals surface area contributed by atoms with Crippen LogP contribution < -0.4 is 5.32 Å². The van der Waals surface area contributed by atoms with Crippen LogP contribution in [-0.4, -0.2) is 29.0 Å². The number of amides is 1. The summed E-state index contributed by atoms with van der Waals surface area (Å²) in [5.74, 6) is -0.307. The second-order valence-electron chi connectivity index (χ2n) is 3.06. The van der Waals surface area contributed by atoms with E-state index in [1.165, 1.54) is 0 Å². The maximum atomic E-state index is 11.3. The van der Waals surface area contributed by atoms with Crippen molar-refractivity contribution in [1.82, 2.24) is 5.32 Å². The van der Waals surface area contributed by atoms with E-state index in [2.05, 4.69) is 5.32 Å². The third-order valence-electron chi connectivity index (χ3n) is 1.76. The van der Waals surface area contributed by atoms with Crippen LogP contribution in [0.25, 0.3) is 0 Å². The van der Waals surface area contributed by atoms with E-state index in [-0.39, 0.29) is 12.5 Å². The van der Waals surface area contributed by atoms with Crippen molar-refractivity contribution in [3.8, 4) is 0 Å². The molecule has 14 heavy (non-hydrogen) atoms. The average molecular weight is 195 g/mol. The van der Waals surface area contributed by atoms with Crippen LogP contribution >= 0.6 is 0 Å². The molecule has 3 N–H and O–H groups in total. The van der Waals surface area contributed by atoms with Crippen molar-refractivity contribution in [3.63, 3.8) is 0 Å². The Labute approximate surface area is 82.2 Å². The van der Waals surface area contributed by atoms with E-state index < -0.39 is 6.29 Å². The quantitative estimate of drug-likeness (QED) is 0.596. The summed E-state index contributed by atoms with van der Waals surface area (Å²) >= 11 is 0. The summed E-state index contributed by atoms with van der Waals surface area (Å²) in [6, 6.07) is 7.03. The molecule has 1 aromatic carbocycles. The second-order valence-corrected chi connectivity index (χ2v) is 3.06. The fourth-order valence-corrected chi connectivity index (χ4v) is 0.991. The molecule has 4 nitrogen and oxygen atoms in total. The molecule has 0 aromatic heterocycles. The van der Waals surface area contributed by atoms with Gasteiger partial charge in [0.05, 0.1) is 6.54 Å². The monoisotopic (exact) mass is 195 g/mol. The lowest BCUT2D eigenvalue weighted by atomic mass is 10.1. The smallest absolute Gasteiger partial charge is 0.251 e. The van der Waals surface area contributed by atoms with Crippen molar-refractivity contribution >= 4 is 5.91 Å². The topological polar surface area (TPSA) is 69.6 Å². The molecule has 0 aliphatic carbocycles. The molecule has 76 valence electrons. The third kappa shape index (κ3) is 3.16. The summed E-state index contributed by atoms with van der Waals surface area (Å²) in [6.07, 6.45) is -1.51. The molecule has 0 atom stereocenters. The van der Waals surface area contributed by atoms with E-state index in [9.17, 15) is 4.79 Å². The van der Waals surface area contributed by atoms with E-state index in [1.54, 1.807) is 12.1 Å². The van der Waals surface area contributed by atoms with Gasteiger partial charge in [0.15, 0.2) is 6.29 Å². The van der Waals surface area contributed by atoms with Crippen LogP contribution in [0.15, 0.2) is 24.3 Å². The summed E-state index contributed by atoms with van der Waals surface area (Å²) in [5, 5.41) is 19.4. The van der Waals surface area contributed by atoms with Crippen molar-refractivity contribution < 1.29 is 15.0 Å². The zero-order chi connectivity index (χ0) is 10.6. The van der Waals surface area contributed by atoms with Gasteiger partial charge in [-0.25, -0.2) is 0 Å². The van der Waals surface area contributed by atoms with Gasteiger partial charge in [0.25, 0.3) is 5.91 Å². The van der Waals surface area contributed by atoms with Crippen LogP contribution in [-0.2, 0) is 0 Å². The molecule has 0 fully saturated rings. The maximum Gasteiger partial charge on any atom is 0.251 e. The van der Waals surface area contributed by atoms with E-state index in [4.69, 9.17) is 10.2 Å². The second kappa shape index (κ2) is 4.74. The Kier molecular flexibility index (Phi) is 3.62. The highest BCUT2D eigenvalue weighted by atomic mass is 16.5. The number of aryl methyl sites for hydroxylation is 1. The molecule has 0 spiro atoms. The predicted molar refractivity (Wildman–Crippen MR) is 51.7 cm³/mol. The van der Waals surface area contributed by atoms with Gasteiger partial charge in [0.2, 0.25) is 0 Å². The first-order valence-corrected chi connectivity index (χ1v) is 4.30. The minimum atomic E-state index is -1.51. The van der Waals surface area contributed by atoms with Crippen LogP contribution in [0.2, 0.25) is 0 Å². The molecule has 1 aromatic rings. The standard InChI is InChI=1S/C10H13NO3/c1-7-2-4-8(5-3-7)10(14)11-6-9(12)13/h2-5,9,12-13H,6H2,1H3,(H,11,14). The van der Waals surface area contributed by atoms with Gasteiger partial charge in [-0.05, 0) is 19.1 Å². The van der Waals surface area contributed by atoms with Crippen molar-refractivity contribution in [3.05, 3.63) is 35.4 Å². The number of aliphatic hydroxyl groups is 2. The van der Waals surface area contributed by atoms with Gasteiger partial charge in [-0.2, -0.15) is 0 Å². The first kappa shape index (κ1) is 10.7. The number of rotatable bonds is 3. The molecule has 0 aliphatic heterocycles. The molecule has 0 radical (unpaired) electrons. The van der Waals surface area contributed by atoms with Crippen LogP contribution in [0.3, 0.4) is 0 Å². The Bertz CT molecular complexity index is 306. The van der Waals surface area contributed by atoms with Gasteiger partial charge in [-0.3, -0.25) is 4.79 Å². The Morgan fingerprint density at radius 2 is 1.93 bits per heavy atom. The highest BCUT2D eigenvalue weighted by molar-refractivity contribution is 5.94. The molecule has 0 saturated heterocycles. The Balaban J connectivity index is 2.57. The number of hydrogen-bond acceptors (Lipinski definition) is 3. The lowest BCUT2D eigenvalue weighted by molar-refractivity contribution is -0.0361. The fourth-order valence-electron chi connectivity index (χ4n) is 0.991. The molecule has 0 aliphatic rings. The SMILES string of the molecule is Cc1ccc(C(=O)NCC(O)O)cc1. The summed E-state index contributed by atoms with van der Waals surface area (Å²) in [5.41, 5.74) is 1.58. The van der Waals surface area contributed by atoms with Crippen molar-refractivity contribution in [2.75, 3.05) is 6.54 Å². The average Bonchev–Trinajstić information content (AvgIpc) is 2.15. The molecular formula is C10H13NO3. The lowest BCUT2D eigenvalue weighted by Crippen LogP contribution is -2.31. The van der Waals surface area contributed by atoms with E-state index in [0.717, 1.165) is 5.56 Å². The first-order valence-electron chi connectivity index (χ1n) is 4.30. The van der Waals surface area contributed by atoms with Crippen LogP contribution in [0.5, 0.6) is 0 Å². The largest absolute Gasteiger partial charge is 0.367 e. The van der Waals surface area contributed by atoms with Crippen LogP contribution in [0.1, 0.15) is 15.9 Å². The Morgan fingerprint density at radius 3 is 2.43 bits per heavy atom. The molecule has 0 saturated carbocycles. The van der Waals surface area contributed by atoms with Crippen molar-refractivity contribution in [1.29, 1.82) is 0 Å². The van der Waals surface area contributed by atoms with Gasteiger partial charge in [-0.15, -0.1) is 0 Å². The van der Waals surface area contributed by atoms with Gasteiger partial charge >= 0.3 is 0 Å². The predicted octanol–water partition coefficient (Wildman–Crippen LogP) is 0.0355. The molecule has 0 heterocycles. The zero-order valence-electron chi connectivity index (χ0n) is 7.90. The fraction of sp³-hybridized carbons (Fsp3) is 0.300. The molecule has 0 bridgehead atoms. The van der Waals surface area contributed by atoms with E-state index in [0.29, 0.717) is 5.56 Å². The molecule has 0 unspecified atom stereocenters. The normalized spacial score (nSPS) is 10.3. The number of benzene rings is 1. The van der Waals surface area contributed by atoms with Crippen LogP contribution in [0.4, 0.5) is 0 Å².